The first-order valence-corrected chi connectivity index (χ1v) is 11.2. The summed E-state index contributed by atoms with van der Waals surface area (Å²) in [5.41, 5.74) is 2.45. The number of methoxy groups -OCH3 is 1. The first-order chi connectivity index (χ1) is 15.9. The molecule has 35 heavy (non-hydrogen) atoms. The fourth-order valence-corrected chi connectivity index (χ4v) is 4.25. The number of benzene rings is 2. The van der Waals surface area contributed by atoms with Crippen molar-refractivity contribution < 1.29 is 9.53 Å². The maximum Gasteiger partial charge on any atom is 0.293 e. The van der Waals surface area contributed by atoms with Gasteiger partial charge in [0.1, 0.15) is 11.6 Å². The number of nitrogens with one attached hydrogen (secondary N) is 4. The van der Waals surface area contributed by atoms with Gasteiger partial charge >= 0.3 is 0 Å². The molecule has 1 heterocycles. The predicted molar refractivity (Wildman–Crippen MR) is 146 cm³/mol. The molecule has 1 aromatic heterocycles. The van der Waals surface area contributed by atoms with Gasteiger partial charge in [0.05, 0.1) is 18.5 Å². The van der Waals surface area contributed by atoms with Gasteiger partial charge in [-0.3, -0.25) is 10.2 Å². The number of ether oxygens (including phenoxy) is 1. The van der Waals surface area contributed by atoms with E-state index in [1.54, 1.807) is 38.3 Å². The Bertz CT molecular complexity index is 1170. The molecule has 2 atom stereocenters. The molecule has 4 N–H and O–H groups in total. The van der Waals surface area contributed by atoms with Crippen molar-refractivity contribution >= 4 is 59.0 Å². The highest BCUT2D eigenvalue weighted by Crippen LogP contribution is 2.27. The first kappa shape index (κ1) is 28.1. The number of hydrogen-bond acceptors (Lipinski definition) is 6. The summed E-state index contributed by atoms with van der Waals surface area (Å²) in [6.45, 7) is 3.79. The lowest BCUT2D eigenvalue weighted by Crippen LogP contribution is -2.48. The van der Waals surface area contributed by atoms with Crippen LogP contribution in [0.5, 0.6) is 5.75 Å². The maximum atomic E-state index is 13.0. The highest BCUT2D eigenvalue weighted by Gasteiger charge is 2.26. The number of aromatic nitrogens is 2. The third-order valence-electron chi connectivity index (χ3n) is 5.89. The van der Waals surface area contributed by atoms with Gasteiger partial charge < -0.3 is 20.7 Å². The smallest absolute Gasteiger partial charge is 0.293 e. The zero-order chi connectivity index (χ0) is 23.4. The fraction of sp³-hybridized carbons (Fsp3) is 0.360. The number of aryl methyl sites for hydroxylation is 1. The molecule has 188 valence electrons. The predicted octanol–water partition coefficient (Wildman–Crippen LogP) is 5.35. The van der Waals surface area contributed by atoms with Gasteiger partial charge in [-0.15, -0.1) is 24.8 Å². The molecule has 0 saturated heterocycles. The van der Waals surface area contributed by atoms with Crippen molar-refractivity contribution in [2.24, 2.45) is 0 Å². The SMILES string of the molecule is COc1ccc(NC(=O)c2nc(N[C@H]3CCCC[C@H]3NC(C)=N)c3cc(C)ccc3n2)cc1.Cl.Cl. The first-order valence-electron chi connectivity index (χ1n) is 11.2. The minimum Gasteiger partial charge on any atom is -0.497 e. The molecule has 3 aromatic rings. The quantitative estimate of drug-likeness (QED) is 0.258. The molecule has 4 rings (SSSR count). The van der Waals surface area contributed by atoms with E-state index < -0.39 is 0 Å². The second kappa shape index (κ2) is 12.6. The van der Waals surface area contributed by atoms with Gasteiger partial charge in [0, 0.05) is 23.2 Å². The molecule has 0 bridgehead atoms. The van der Waals surface area contributed by atoms with Crippen LogP contribution in [0.2, 0.25) is 0 Å². The topological polar surface area (TPSA) is 112 Å². The van der Waals surface area contributed by atoms with Gasteiger partial charge in [-0.05, 0) is 63.1 Å². The van der Waals surface area contributed by atoms with E-state index in [0.29, 0.717) is 28.6 Å². The minimum absolute atomic E-state index is 0. The van der Waals surface area contributed by atoms with Gasteiger partial charge in [-0.1, -0.05) is 24.5 Å². The lowest BCUT2D eigenvalue weighted by atomic mass is 9.90. The Labute approximate surface area is 218 Å². The average Bonchev–Trinajstić information content (AvgIpc) is 2.80. The molecule has 0 spiro atoms. The Morgan fingerprint density at radius 3 is 2.37 bits per heavy atom. The van der Waals surface area contributed by atoms with Crippen molar-refractivity contribution in [3.05, 3.63) is 53.9 Å². The van der Waals surface area contributed by atoms with Crippen LogP contribution < -0.4 is 20.7 Å². The highest BCUT2D eigenvalue weighted by molar-refractivity contribution is 6.04. The Hall–Kier alpha value is -3.10. The van der Waals surface area contributed by atoms with Crippen LogP contribution in [0.25, 0.3) is 10.9 Å². The molecule has 1 saturated carbocycles. The summed E-state index contributed by atoms with van der Waals surface area (Å²) in [5.74, 6) is 1.54. The molecule has 1 amide bonds. The van der Waals surface area contributed by atoms with Gasteiger partial charge in [0.15, 0.2) is 0 Å². The van der Waals surface area contributed by atoms with E-state index in [4.69, 9.17) is 10.1 Å². The number of rotatable bonds is 6. The number of amides is 1. The summed E-state index contributed by atoms with van der Waals surface area (Å²) in [5, 5.41) is 18.5. The van der Waals surface area contributed by atoms with Gasteiger partial charge in [0.25, 0.3) is 5.91 Å². The van der Waals surface area contributed by atoms with Crippen molar-refractivity contribution in [2.75, 3.05) is 17.7 Å². The van der Waals surface area contributed by atoms with Crippen LogP contribution in [0.1, 0.15) is 48.8 Å². The summed E-state index contributed by atoms with van der Waals surface area (Å²) >= 11 is 0. The van der Waals surface area contributed by atoms with E-state index >= 15 is 0 Å². The van der Waals surface area contributed by atoms with E-state index in [0.717, 1.165) is 36.6 Å². The van der Waals surface area contributed by atoms with E-state index in [2.05, 4.69) is 25.9 Å². The highest BCUT2D eigenvalue weighted by atomic mass is 35.5. The molecule has 8 nitrogen and oxygen atoms in total. The van der Waals surface area contributed by atoms with Crippen LogP contribution in [0.15, 0.2) is 42.5 Å². The van der Waals surface area contributed by atoms with Crippen molar-refractivity contribution in [3.8, 4) is 5.75 Å². The van der Waals surface area contributed by atoms with Crippen LogP contribution in [-0.2, 0) is 0 Å². The number of hydrogen-bond donors (Lipinski definition) is 4. The zero-order valence-electron chi connectivity index (χ0n) is 20.1. The Morgan fingerprint density at radius 2 is 1.71 bits per heavy atom. The van der Waals surface area contributed by atoms with Crippen LogP contribution in [0, 0.1) is 12.3 Å². The Kier molecular flexibility index (Phi) is 10.1. The molecule has 1 aliphatic rings. The van der Waals surface area contributed by atoms with Gasteiger partial charge in [0.2, 0.25) is 5.82 Å². The Balaban J connectivity index is 0.00000216. The van der Waals surface area contributed by atoms with Crippen molar-refractivity contribution in [3.63, 3.8) is 0 Å². The summed E-state index contributed by atoms with van der Waals surface area (Å²) in [4.78, 5) is 22.2. The number of fused-ring (bicyclic) bond motifs is 1. The van der Waals surface area contributed by atoms with E-state index in [1.165, 1.54) is 0 Å². The lowest BCUT2D eigenvalue weighted by Gasteiger charge is -2.33. The van der Waals surface area contributed by atoms with Crippen LogP contribution in [-0.4, -0.2) is 40.9 Å². The zero-order valence-corrected chi connectivity index (χ0v) is 21.7. The molecule has 1 aliphatic carbocycles. The fourth-order valence-electron chi connectivity index (χ4n) is 4.25. The van der Waals surface area contributed by atoms with Crippen LogP contribution in [0.4, 0.5) is 11.5 Å². The lowest BCUT2D eigenvalue weighted by molar-refractivity contribution is 0.101. The van der Waals surface area contributed by atoms with Crippen LogP contribution >= 0.6 is 24.8 Å². The number of nitrogens with zero attached hydrogens (tertiary/aromatic N) is 2. The third-order valence-corrected chi connectivity index (χ3v) is 5.89. The summed E-state index contributed by atoms with van der Waals surface area (Å²) < 4.78 is 5.17. The number of anilines is 2. The molecular formula is C25H32Cl2N6O2. The second-order valence-corrected chi connectivity index (χ2v) is 8.51. The summed E-state index contributed by atoms with van der Waals surface area (Å²) in [7, 11) is 1.60. The number of amidine groups is 1. The normalized spacial score (nSPS) is 16.9. The standard InChI is InChI=1S/C25H30N6O2.2ClH/c1-15-8-13-20-19(14-15)23(30-22-7-5-4-6-21(22)27-16(2)26)31-24(29-20)25(32)28-17-9-11-18(33-3)12-10-17;;/h8-14,21-22H,4-7H2,1-3H3,(H2,26,27)(H,28,32)(H,29,30,31);2*1H/t21-,22+;;/m1../s1. The number of carbonyl (C=O) groups is 1. The average molecular weight is 519 g/mol. The molecule has 0 aliphatic heterocycles. The number of halogens is 2. The Morgan fingerprint density at radius 1 is 1.03 bits per heavy atom. The molecular weight excluding hydrogens is 487 g/mol. The van der Waals surface area contributed by atoms with Gasteiger partial charge in [-0.2, -0.15) is 0 Å². The monoisotopic (exact) mass is 518 g/mol. The van der Waals surface area contributed by atoms with Crippen molar-refractivity contribution in [1.82, 2.24) is 15.3 Å². The van der Waals surface area contributed by atoms with Crippen LogP contribution in [0.3, 0.4) is 0 Å². The van der Waals surface area contributed by atoms with Crippen molar-refractivity contribution in [2.45, 2.75) is 51.6 Å². The third kappa shape index (κ3) is 6.96. The molecule has 0 radical (unpaired) electrons. The van der Waals surface area contributed by atoms with Crippen molar-refractivity contribution in [1.29, 1.82) is 5.41 Å². The second-order valence-electron chi connectivity index (χ2n) is 8.51. The summed E-state index contributed by atoms with van der Waals surface area (Å²) in [6, 6.07) is 13.3. The summed E-state index contributed by atoms with van der Waals surface area (Å²) in [6.07, 6.45) is 4.19. The van der Waals surface area contributed by atoms with E-state index in [1.807, 2.05) is 25.1 Å². The molecule has 1 fully saturated rings. The number of carbonyl (C=O) groups excluding carboxylic acids is 1. The van der Waals surface area contributed by atoms with E-state index in [9.17, 15) is 4.79 Å². The molecule has 0 unspecified atom stereocenters. The van der Waals surface area contributed by atoms with E-state index in [-0.39, 0.29) is 48.6 Å². The largest absolute Gasteiger partial charge is 0.497 e. The maximum absolute atomic E-state index is 13.0. The molecule has 10 heteroatoms. The molecule has 2 aromatic carbocycles. The van der Waals surface area contributed by atoms with Gasteiger partial charge in [-0.25, -0.2) is 9.97 Å². The minimum atomic E-state index is -0.376.